The number of nitrogens with two attached hydrogens (primary N) is 1. The molecule has 0 aliphatic carbocycles. The summed E-state index contributed by atoms with van der Waals surface area (Å²) in [6.07, 6.45) is 20.2. The van der Waals surface area contributed by atoms with E-state index in [2.05, 4.69) is 13.8 Å². The van der Waals surface area contributed by atoms with Crippen molar-refractivity contribution >= 4 is 0 Å². The Bertz CT molecular complexity index is 289. The first-order chi connectivity index (χ1) is 14.3. The zero-order valence-electron chi connectivity index (χ0n) is 19.9. The van der Waals surface area contributed by atoms with E-state index in [-0.39, 0.29) is 0 Å². The summed E-state index contributed by atoms with van der Waals surface area (Å²) in [6.45, 7) is 9.56. The topological polar surface area (TPSA) is 53.7 Å². The third-order valence-electron chi connectivity index (χ3n) is 5.52. The van der Waals surface area contributed by atoms with Crippen LogP contribution < -0.4 is 5.73 Å². The Hall–Kier alpha value is -0.160. The summed E-state index contributed by atoms with van der Waals surface area (Å²) in [6, 6.07) is 0. The van der Waals surface area contributed by atoms with Gasteiger partial charge in [0.15, 0.2) is 0 Å². The first kappa shape index (κ1) is 28.8. The minimum atomic E-state index is 0.646. The van der Waals surface area contributed by atoms with Crippen molar-refractivity contribution in [1.29, 1.82) is 0 Å². The Morgan fingerprint density at radius 2 is 0.966 bits per heavy atom. The lowest BCUT2D eigenvalue weighted by Gasteiger charge is -2.17. The van der Waals surface area contributed by atoms with Crippen LogP contribution in [0.5, 0.6) is 0 Å². The van der Waals surface area contributed by atoms with Crippen LogP contribution in [0.25, 0.3) is 0 Å². The number of unbranched alkanes of at least 4 members (excludes halogenated alkanes) is 10. The lowest BCUT2D eigenvalue weighted by atomic mass is 9.95. The van der Waals surface area contributed by atoms with Crippen molar-refractivity contribution in [3.63, 3.8) is 0 Å². The SMILES string of the molecule is CCCCCCCCCC(CCCCCCC)COCCOCCOCCCN. The van der Waals surface area contributed by atoms with Crippen molar-refractivity contribution in [2.75, 3.05) is 46.2 Å². The number of hydrogen-bond donors (Lipinski definition) is 1. The predicted molar refractivity (Wildman–Crippen MR) is 126 cm³/mol. The van der Waals surface area contributed by atoms with Crippen LogP contribution in [-0.2, 0) is 14.2 Å². The molecule has 0 saturated carbocycles. The molecule has 1 unspecified atom stereocenters. The summed E-state index contributed by atoms with van der Waals surface area (Å²) in [5.41, 5.74) is 5.44. The highest BCUT2D eigenvalue weighted by atomic mass is 16.5. The van der Waals surface area contributed by atoms with E-state index in [0.29, 0.717) is 33.0 Å². The van der Waals surface area contributed by atoms with Gasteiger partial charge in [-0.25, -0.2) is 0 Å². The number of hydrogen-bond acceptors (Lipinski definition) is 4. The maximum atomic E-state index is 5.95. The molecular weight excluding hydrogens is 362 g/mol. The first-order valence-corrected chi connectivity index (χ1v) is 12.8. The highest BCUT2D eigenvalue weighted by Gasteiger charge is 2.09. The summed E-state index contributed by atoms with van der Waals surface area (Å²) in [4.78, 5) is 0. The Balaban J connectivity index is 3.73. The lowest BCUT2D eigenvalue weighted by molar-refractivity contribution is 0.00553. The quantitative estimate of drug-likeness (QED) is 0.173. The van der Waals surface area contributed by atoms with Gasteiger partial charge in [0.05, 0.1) is 26.4 Å². The Labute approximate surface area is 182 Å². The van der Waals surface area contributed by atoms with Crippen molar-refractivity contribution in [2.45, 2.75) is 110 Å². The maximum absolute atomic E-state index is 5.95. The molecule has 2 N–H and O–H groups in total. The molecule has 0 aliphatic rings. The van der Waals surface area contributed by atoms with Gasteiger partial charge in [-0.05, 0) is 31.7 Å². The minimum Gasteiger partial charge on any atom is -0.379 e. The van der Waals surface area contributed by atoms with Gasteiger partial charge >= 0.3 is 0 Å². The molecule has 0 heterocycles. The van der Waals surface area contributed by atoms with Gasteiger partial charge in [0.2, 0.25) is 0 Å². The van der Waals surface area contributed by atoms with E-state index in [1.807, 2.05) is 0 Å². The van der Waals surface area contributed by atoms with Gasteiger partial charge in [-0.1, -0.05) is 90.9 Å². The van der Waals surface area contributed by atoms with Crippen LogP contribution in [0.1, 0.15) is 110 Å². The largest absolute Gasteiger partial charge is 0.379 e. The second-order valence-electron chi connectivity index (χ2n) is 8.42. The molecule has 0 bridgehead atoms. The van der Waals surface area contributed by atoms with Crippen molar-refractivity contribution in [1.82, 2.24) is 0 Å². The third kappa shape index (κ3) is 24.0. The molecule has 0 rings (SSSR count). The van der Waals surface area contributed by atoms with Crippen molar-refractivity contribution < 1.29 is 14.2 Å². The highest BCUT2D eigenvalue weighted by molar-refractivity contribution is 4.60. The predicted octanol–water partition coefficient (Wildman–Crippen LogP) is 6.50. The molecule has 4 nitrogen and oxygen atoms in total. The summed E-state index contributed by atoms with van der Waals surface area (Å²) in [5, 5.41) is 0. The van der Waals surface area contributed by atoms with Gasteiger partial charge in [0.1, 0.15) is 0 Å². The Morgan fingerprint density at radius 3 is 1.48 bits per heavy atom. The smallest absolute Gasteiger partial charge is 0.0701 e. The normalized spacial score (nSPS) is 12.5. The van der Waals surface area contributed by atoms with Crippen LogP contribution in [0.4, 0.5) is 0 Å². The van der Waals surface area contributed by atoms with Crippen molar-refractivity contribution in [2.24, 2.45) is 11.7 Å². The molecule has 0 fully saturated rings. The van der Waals surface area contributed by atoms with E-state index >= 15 is 0 Å². The van der Waals surface area contributed by atoms with Crippen LogP contribution in [0.2, 0.25) is 0 Å². The van der Waals surface area contributed by atoms with E-state index in [0.717, 1.165) is 25.6 Å². The number of ether oxygens (including phenoxy) is 3. The molecular formula is C25H53NO3. The first-order valence-electron chi connectivity index (χ1n) is 12.8. The molecule has 29 heavy (non-hydrogen) atoms. The Morgan fingerprint density at radius 1 is 0.517 bits per heavy atom. The highest BCUT2D eigenvalue weighted by Crippen LogP contribution is 2.19. The zero-order chi connectivity index (χ0) is 21.3. The van der Waals surface area contributed by atoms with E-state index < -0.39 is 0 Å². The molecule has 0 saturated heterocycles. The standard InChI is InChI=1S/C25H53NO3/c1-3-5-7-9-10-12-14-17-25(16-13-11-8-6-4-2)24-29-23-22-28-21-20-27-19-15-18-26/h25H,3-24,26H2,1-2H3. The average molecular weight is 416 g/mol. The van der Waals surface area contributed by atoms with E-state index in [1.165, 1.54) is 89.9 Å². The van der Waals surface area contributed by atoms with Crippen LogP contribution in [0.3, 0.4) is 0 Å². The van der Waals surface area contributed by atoms with Gasteiger partial charge < -0.3 is 19.9 Å². The average Bonchev–Trinajstić information content (AvgIpc) is 2.73. The Kier molecular flexibility index (Phi) is 25.7. The third-order valence-corrected chi connectivity index (χ3v) is 5.52. The fourth-order valence-corrected chi connectivity index (χ4v) is 3.61. The second-order valence-corrected chi connectivity index (χ2v) is 8.42. The van der Waals surface area contributed by atoms with Gasteiger partial charge in [-0.15, -0.1) is 0 Å². The van der Waals surface area contributed by atoms with Crippen molar-refractivity contribution in [3.05, 3.63) is 0 Å². The second kappa shape index (κ2) is 25.9. The van der Waals surface area contributed by atoms with E-state index in [1.54, 1.807) is 0 Å². The zero-order valence-corrected chi connectivity index (χ0v) is 19.9. The molecule has 0 spiro atoms. The molecule has 0 aliphatic heterocycles. The molecule has 0 aromatic carbocycles. The summed E-state index contributed by atoms with van der Waals surface area (Å²) >= 11 is 0. The van der Waals surface area contributed by atoms with Gasteiger partial charge in [-0.3, -0.25) is 0 Å². The lowest BCUT2D eigenvalue weighted by Crippen LogP contribution is -2.15. The van der Waals surface area contributed by atoms with Crippen LogP contribution in [0.15, 0.2) is 0 Å². The van der Waals surface area contributed by atoms with Crippen LogP contribution in [-0.4, -0.2) is 46.2 Å². The summed E-state index contributed by atoms with van der Waals surface area (Å²) in [5.74, 6) is 0.729. The molecule has 176 valence electrons. The summed E-state index contributed by atoms with van der Waals surface area (Å²) in [7, 11) is 0. The monoisotopic (exact) mass is 415 g/mol. The fourth-order valence-electron chi connectivity index (χ4n) is 3.61. The fraction of sp³-hybridized carbons (Fsp3) is 1.00. The van der Waals surface area contributed by atoms with E-state index in [9.17, 15) is 0 Å². The molecule has 1 atom stereocenters. The molecule has 0 aromatic rings. The van der Waals surface area contributed by atoms with Gasteiger partial charge in [0, 0.05) is 13.2 Å². The molecule has 0 amide bonds. The van der Waals surface area contributed by atoms with Gasteiger partial charge in [0.25, 0.3) is 0 Å². The minimum absolute atomic E-state index is 0.646. The summed E-state index contributed by atoms with van der Waals surface area (Å²) < 4.78 is 17.0. The molecule has 0 radical (unpaired) electrons. The van der Waals surface area contributed by atoms with E-state index in [4.69, 9.17) is 19.9 Å². The molecule has 0 aromatic heterocycles. The maximum Gasteiger partial charge on any atom is 0.0701 e. The number of rotatable bonds is 25. The van der Waals surface area contributed by atoms with Crippen molar-refractivity contribution in [3.8, 4) is 0 Å². The van der Waals surface area contributed by atoms with Crippen LogP contribution >= 0.6 is 0 Å². The molecule has 4 heteroatoms. The van der Waals surface area contributed by atoms with Gasteiger partial charge in [-0.2, -0.15) is 0 Å². The van der Waals surface area contributed by atoms with Crippen LogP contribution in [0, 0.1) is 5.92 Å².